The van der Waals surface area contributed by atoms with Gasteiger partial charge in [-0.25, -0.2) is 0 Å². The zero-order valence-corrected chi connectivity index (χ0v) is 12.0. The van der Waals surface area contributed by atoms with Gasteiger partial charge in [-0.1, -0.05) is 6.07 Å². The highest BCUT2D eigenvalue weighted by atomic mass is 79.9. The van der Waals surface area contributed by atoms with Crippen molar-refractivity contribution in [2.75, 3.05) is 0 Å². The number of rotatable bonds is 4. The summed E-state index contributed by atoms with van der Waals surface area (Å²) in [5.41, 5.74) is 1.13. The van der Waals surface area contributed by atoms with Crippen LogP contribution in [-0.2, 0) is 6.54 Å². The number of carbonyl (C=O) groups is 1. The number of nitrogens with zero attached hydrogens (tertiary/aromatic N) is 1. The quantitative estimate of drug-likeness (QED) is 0.685. The highest BCUT2D eigenvalue weighted by molar-refractivity contribution is 9.10. The topological polar surface area (TPSA) is 72.2 Å². The van der Waals surface area contributed by atoms with E-state index in [0.29, 0.717) is 6.54 Å². The van der Waals surface area contributed by atoms with Gasteiger partial charge >= 0.3 is 0 Å². The summed E-state index contributed by atoms with van der Waals surface area (Å²) in [5.74, 6) is -0.346. The van der Waals surface area contributed by atoms with Crippen LogP contribution in [0, 0.1) is 10.1 Å². The van der Waals surface area contributed by atoms with Crippen molar-refractivity contribution in [2.45, 2.75) is 6.54 Å². The van der Waals surface area contributed by atoms with Crippen molar-refractivity contribution in [3.05, 3.63) is 60.7 Å². The molecule has 0 saturated carbocycles. The zero-order chi connectivity index (χ0) is 13.8. The molecule has 1 N–H and O–H groups in total. The fourth-order valence-corrected chi connectivity index (χ4v) is 2.76. The molecule has 98 valence electrons. The highest BCUT2D eigenvalue weighted by Gasteiger charge is 2.19. The second-order valence-electron chi connectivity index (χ2n) is 3.71. The Balaban J connectivity index is 2.15. The average Bonchev–Trinajstić information content (AvgIpc) is 2.89. The van der Waals surface area contributed by atoms with Crippen LogP contribution in [0.5, 0.6) is 0 Å². The summed E-state index contributed by atoms with van der Waals surface area (Å²) < 4.78 is 0.197. The predicted molar refractivity (Wildman–Crippen MR) is 76.3 cm³/mol. The molecule has 0 unspecified atom stereocenters. The number of nitro benzene ring substituents is 1. The first kappa shape index (κ1) is 13.7. The number of halogens is 1. The Labute approximate surface area is 121 Å². The molecule has 1 amide bonds. The maximum Gasteiger partial charge on any atom is 0.284 e. The van der Waals surface area contributed by atoms with Gasteiger partial charge in [0.25, 0.3) is 11.6 Å². The normalized spacial score (nSPS) is 10.2. The molecule has 0 aliphatic heterocycles. The molecular formula is C12H9BrN2O3S. The molecule has 0 fully saturated rings. The van der Waals surface area contributed by atoms with Crippen molar-refractivity contribution in [1.29, 1.82) is 0 Å². The van der Waals surface area contributed by atoms with Gasteiger partial charge in [-0.05, 0) is 44.4 Å². The first-order chi connectivity index (χ1) is 9.09. The maximum absolute atomic E-state index is 12.0. The molecule has 1 aromatic carbocycles. The molecule has 1 aromatic heterocycles. The number of thiophene rings is 1. The highest BCUT2D eigenvalue weighted by Crippen LogP contribution is 2.28. The van der Waals surface area contributed by atoms with Gasteiger partial charge < -0.3 is 5.32 Å². The Bertz CT molecular complexity index is 613. The van der Waals surface area contributed by atoms with Crippen LogP contribution >= 0.6 is 27.3 Å². The standard InChI is InChI=1S/C12H9BrN2O3S/c13-11-9(2-1-3-10(11)15(17)18)12(16)14-6-8-4-5-19-7-8/h1-5,7H,6H2,(H,14,16). The van der Waals surface area contributed by atoms with E-state index >= 15 is 0 Å². The van der Waals surface area contributed by atoms with E-state index in [0.717, 1.165) is 5.56 Å². The Kier molecular flexibility index (Phi) is 4.28. The van der Waals surface area contributed by atoms with Gasteiger partial charge in [0, 0.05) is 12.6 Å². The minimum atomic E-state index is -0.528. The number of nitrogens with one attached hydrogen (secondary N) is 1. The Morgan fingerprint density at radius 2 is 2.21 bits per heavy atom. The summed E-state index contributed by atoms with van der Waals surface area (Å²) in [5, 5.41) is 17.4. The minimum absolute atomic E-state index is 0.122. The lowest BCUT2D eigenvalue weighted by Crippen LogP contribution is -2.23. The number of hydrogen-bond acceptors (Lipinski definition) is 4. The predicted octanol–water partition coefficient (Wildman–Crippen LogP) is 3.35. The van der Waals surface area contributed by atoms with Crippen LogP contribution < -0.4 is 5.32 Å². The molecule has 0 saturated heterocycles. The summed E-state index contributed by atoms with van der Waals surface area (Å²) in [7, 11) is 0. The third-order valence-corrected chi connectivity index (χ3v) is 4.02. The molecule has 5 nitrogen and oxygen atoms in total. The van der Waals surface area contributed by atoms with Crippen LogP contribution in [0.4, 0.5) is 5.69 Å². The Morgan fingerprint density at radius 1 is 1.42 bits per heavy atom. The lowest BCUT2D eigenvalue weighted by molar-refractivity contribution is -0.385. The summed E-state index contributed by atoms with van der Waals surface area (Å²) >= 11 is 4.65. The van der Waals surface area contributed by atoms with E-state index in [1.807, 2.05) is 16.8 Å². The molecule has 1 heterocycles. The summed E-state index contributed by atoms with van der Waals surface area (Å²) in [6.07, 6.45) is 0. The summed E-state index contributed by atoms with van der Waals surface area (Å²) in [6.45, 7) is 0.400. The van der Waals surface area contributed by atoms with Crippen LogP contribution in [0.3, 0.4) is 0 Å². The van der Waals surface area contributed by atoms with Crippen LogP contribution in [0.25, 0.3) is 0 Å². The number of amides is 1. The smallest absolute Gasteiger partial charge is 0.284 e. The maximum atomic E-state index is 12.0. The molecular weight excluding hydrogens is 332 g/mol. The minimum Gasteiger partial charge on any atom is -0.348 e. The van der Waals surface area contributed by atoms with E-state index < -0.39 is 4.92 Å². The molecule has 0 spiro atoms. The van der Waals surface area contributed by atoms with Crippen LogP contribution in [0.15, 0.2) is 39.5 Å². The van der Waals surface area contributed by atoms with Crippen molar-refractivity contribution < 1.29 is 9.72 Å². The lowest BCUT2D eigenvalue weighted by Gasteiger charge is -2.06. The van der Waals surface area contributed by atoms with Crippen molar-refractivity contribution in [3.63, 3.8) is 0 Å². The average molecular weight is 341 g/mol. The number of nitro groups is 1. The molecule has 0 radical (unpaired) electrons. The fourth-order valence-electron chi connectivity index (χ4n) is 1.51. The molecule has 0 atom stereocenters. The van der Waals surface area contributed by atoms with Gasteiger partial charge in [-0.3, -0.25) is 14.9 Å². The number of carbonyl (C=O) groups excluding carboxylic acids is 1. The first-order valence-corrected chi connectivity index (χ1v) is 7.05. The van der Waals surface area contributed by atoms with E-state index in [9.17, 15) is 14.9 Å². The molecule has 0 aliphatic rings. The fraction of sp³-hybridized carbons (Fsp3) is 0.0833. The van der Waals surface area contributed by atoms with Crippen molar-refractivity contribution >= 4 is 38.9 Å². The summed E-state index contributed by atoms with van der Waals surface area (Å²) in [4.78, 5) is 22.2. The van der Waals surface area contributed by atoms with Crippen molar-refractivity contribution in [2.24, 2.45) is 0 Å². The van der Waals surface area contributed by atoms with Crippen LogP contribution in [0.1, 0.15) is 15.9 Å². The second-order valence-corrected chi connectivity index (χ2v) is 5.28. The van der Waals surface area contributed by atoms with Crippen LogP contribution in [-0.4, -0.2) is 10.8 Å². The van der Waals surface area contributed by atoms with Gasteiger partial charge in [-0.2, -0.15) is 11.3 Å². The third-order valence-electron chi connectivity index (χ3n) is 2.45. The molecule has 0 aliphatic carbocycles. The SMILES string of the molecule is O=C(NCc1ccsc1)c1cccc([N+](=O)[O-])c1Br. The largest absolute Gasteiger partial charge is 0.348 e. The van der Waals surface area contributed by atoms with E-state index in [2.05, 4.69) is 21.2 Å². The van der Waals surface area contributed by atoms with E-state index in [1.54, 1.807) is 17.4 Å². The van der Waals surface area contributed by atoms with Gasteiger partial charge in [0.15, 0.2) is 0 Å². The van der Waals surface area contributed by atoms with E-state index in [-0.39, 0.29) is 21.6 Å². The van der Waals surface area contributed by atoms with Gasteiger partial charge in [0.05, 0.1) is 10.5 Å². The molecule has 0 bridgehead atoms. The molecule has 2 rings (SSSR count). The molecule has 7 heteroatoms. The van der Waals surface area contributed by atoms with Gasteiger partial charge in [0.1, 0.15) is 4.47 Å². The monoisotopic (exact) mass is 340 g/mol. The third kappa shape index (κ3) is 3.18. The first-order valence-electron chi connectivity index (χ1n) is 5.32. The lowest BCUT2D eigenvalue weighted by atomic mass is 10.2. The Morgan fingerprint density at radius 3 is 2.84 bits per heavy atom. The van der Waals surface area contributed by atoms with Gasteiger partial charge in [0.2, 0.25) is 0 Å². The van der Waals surface area contributed by atoms with E-state index in [1.165, 1.54) is 12.1 Å². The molecule has 2 aromatic rings. The number of hydrogen-bond donors (Lipinski definition) is 1. The van der Waals surface area contributed by atoms with E-state index in [4.69, 9.17) is 0 Å². The second kappa shape index (κ2) is 5.94. The number of benzene rings is 1. The summed E-state index contributed by atoms with van der Waals surface area (Å²) in [6, 6.07) is 6.29. The van der Waals surface area contributed by atoms with Gasteiger partial charge in [-0.15, -0.1) is 0 Å². The van der Waals surface area contributed by atoms with Crippen molar-refractivity contribution in [1.82, 2.24) is 5.32 Å². The molecule has 19 heavy (non-hydrogen) atoms. The zero-order valence-electron chi connectivity index (χ0n) is 9.63. The Hall–Kier alpha value is -1.73. The van der Waals surface area contributed by atoms with Crippen LogP contribution in [0.2, 0.25) is 0 Å². The van der Waals surface area contributed by atoms with Crippen molar-refractivity contribution in [3.8, 4) is 0 Å².